The predicted octanol–water partition coefficient (Wildman–Crippen LogP) is 2.09. The topological polar surface area (TPSA) is 89.3 Å². The third-order valence-corrected chi connectivity index (χ3v) is 8.56. The van der Waals surface area contributed by atoms with Crippen molar-refractivity contribution in [3.63, 3.8) is 0 Å². The zero-order valence-electron chi connectivity index (χ0n) is 17.6. The van der Waals surface area contributed by atoms with Crippen molar-refractivity contribution in [1.29, 1.82) is 0 Å². The number of thioether (sulfide) groups is 1. The molecule has 0 radical (unpaired) electrons. The molecule has 0 amide bonds. The second-order valence-corrected chi connectivity index (χ2v) is 11.0. The highest BCUT2D eigenvalue weighted by atomic mass is 32.2. The van der Waals surface area contributed by atoms with Gasteiger partial charge >= 0.3 is 0 Å². The van der Waals surface area contributed by atoms with E-state index < -0.39 is 10.0 Å². The summed E-state index contributed by atoms with van der Waals surface area (Å²) in [5.74, 6) is 2.43. The van der Waals surface area contributed by atoms with Crippen molar-refractivity contribution < 1.29 is 17.9 Å². The number of hydrogen-bond acceptors (Lipinski definition) is 8. The Balaban J connectivity index is 1.06. The Bertz CT molecular complexity index is 1190. The van der Waals surface area contributed by atoms with Crippen molar-refractivity contribution in [1.82, 2.24) is 23.8 Å². The van der Waals surface area contributed by atoms with Crippen molar-refractivity contribution >= 4 is 27.4 Å². The first-order valence-electron chi connectivity index (χ1n) is 10.6. The molecule has 4 heterocycles. The van der Waals surface area contributed by atoms with Gasteiger partial charge in [0.1, 0.15) is 5.03 Å². The molecular weight excluding hydrogens is 450 g/mol. The third-order valence-electron chi connectivity index (χ3n) is 5.60. The van der Waals surface area contributed by atoms with Crippen LogP contribution in [0.2, 0.25) is 0 Å². The molecule has 32 heavy (non-hydrogen) atoms. The first kappa shape index (κ1) is 21.5. The summed E-state index contributed by atoms with van der Waals surface area (Å²) >= 11 is 1.57. The molecule has 1 saturated heterocycles. The highest BCUT2D eigenvalue weighted by Gasteiger charge is 2.26. The summed E-state index contributed by atoms with van der Waals surface area (Å²) in [6, 6.07) is 9.80. The van der Waals surface area contributed by atoms with Crippen molar-refractivity contribution in [2.24, 2.45) is 0 Å². The summed E-state index contributed by atoms with van der Waals surface area (Å²) in [5, 5.41) is 5.32. The van der Waals surface area contributed by atoms with Gasteiger partial charge in [0.05, 0.1) is 5.75 Å². The molecule has 170 valence electrons. The smallest absolute Gasteiger partial charge is 0.231 e. The minimum absolute atomic E-state index is 0.162. The van der Waals surface area contributed by atoms with Gasteiger partial charge < -0.3 is 9.47 Å². The van der Waals surface area contributed by atoms with Crippen LogP contribution in [0.4, 0.5) is 0 Å². The van der Waals surface area contributed by atoms with Gasteiger partial charge in [-0.2, -0.15) is 9.40 Å². The van der Waals surface area contributed by atoms with Crippen LogP contribution in [0, 0.1) is 0 Å². The Labute approximate surface area is 191 Å². The van der Waals surface area contributed by atoms with Crippen LogP contribution in [0.15, 0.2) is 47.8 Å². The minimum atomic E-state index is -3.25. The molecule has 2 aromatic heterocycles. The quantitative estimate of drug-likeness (QED) is 0.361. The van der Waals surface area contributed by atoms with Gasteiger partial charge in [0, 0.05) is 50.9 Å². The lowest BCUT2D eigenvalue weighted by Gasteiger charge is -2.34. The Kier molecular flexibility index (Phi) is 6.22. The van der Waals surface area contributed by atoms with Crippen LogP contribution in [0.5, 0.6) is 11.5 Å². The molecule has 0 saturated carbocycles. The highest BCUT2D eigenvalue weighted by Crippen LogP contribution is 2.33. The largest absolute Gasteiger partial charge is 0.454 e. The van der Waals surface area contributed by atoms with E-state index in [-0.39, 0.29) is 12.5 Å². The van der Waals surface area contributed by atoms with E-state index in [4.69, 9.17) is 9.47 Å². The Morgan fingerprint density at radius 2 is 1.88 bits per heavy atom. The number of imidazole rings is 1. The Morgan fingerprint density at radius 3 is 2.75 bits per heavy atom. The number of rotatable bonds is 8. The zero-order valence-corrected chi connectivity index (χ0v) is 19.2. The van der Waals surface area contributed by atoms with Crippen molar-refractivity contribution in [3.8, 4) is 11.5 Å². The van der Waals surface area contributed by atoms with Crippen LogP contribution >= 0.6 is 11.8 Å². The second-order valence-electron chi connectivity index (χ2n) is 7.78. The summed E-state index contributed by atoms with van der Waals surface area (Å²) < 4.78 is 39.7. The van der Waals surface area contributed by atoms with Gasteiger partial charge in [-0.05, 0) is 36.2 Å². The molecule has 2 aliphatic rings. The molecule has 0 N–H and O–H groups in total. The first-order chi connectivity index (χ1) is 15.6. The van der Waals surface area contributed by atoms with E-state index in [1.807, 2.05) is 30.3 Å². The fourth-order valence-corrected chi connectivity index (χ4v) is 6.36. The van der Waals surface area contributed by atoms with Gasteiger partial charge in [0.2, 0.25) is 16.8 Å². The number of benzene rings is 1. The van der Waals surface area contributed by atoms with E-state index in [1.165, 1.54) is 0 Å². The van der Waals surface area contributed by atoms with E-state index in [2.05, 4.69) is 15.0 Å². The van der Waals surface area contributed by atoms with E-state index in [0.717, 1.165) is 47.4 Å². The molecule has 0 spiro atoms. The molecule has 11 heteroatoms. The summed E-state index contributed by atoms with van der Waals surface area (Å²) in [7, 11) is -3.25. The molecular formula is C21H25N5O4S2. The summed E-state index contributed by atoms with van der Waals surface area (Å²) in [4.78, 5) is 6.45. The van der Waals surface area contributed by atoms with E-state index in [9.17, 15) is 8.42 Å². The van der Waals surface area contributed by atoms with Crippen LogP contribution < -0.4 is 9.47 Å². The lowest BCUT2D eigenvalue weighted by Crippen LogP contribution is -2.48. The normalized spacial score (nSPS) is 17.2. The second kappa shape index (κ2) is 9.26. The Hall–Kier alpha value is -2.34. The molecule has 0 aliphatic carbocycles. The van der Waals surface area contributed by atoms with Crippen LogP contribution in [0.25, 0.3) is 5.65 Å². The number of piperazine rings is 1. The van der Waals surface area contributed by atoms with Gasteiger partial charge in [-0.15, -0.1) is 11.8 Å². The average Bonchev–Trinajstić information content (AvgIpc) is 3.46. The molecule has 9 nitrogen and oxygen atoms in total. The minimum Gasteiger partial charge on any atom is -0.454 e. The fraction of sp³-hybridized carbons (Fsp3) is 0.429. The summed E-state index contributed by atoms with van der Waals surface area (Å²) in [6.07, 6.45) is 4.10. The van der Waals surface area contributed by atoms with Crippen LogP contribution in [-0.4, -0.2) is 76.7 Å². The molecule has 2 aliphatic heterocycles. The zero-order chi connectivity index (χ0) is 22.0. The molecule has 3 aromatic rings. The van der Waals surface area contributed by atoms with Gasteiger partial charge in [-0.25, -0.2) is 17.9 Å². The van der Waals surface area contributed by atoms with Crippen LogP contribution in [0.1, 0.15) is 12.0 Å². The number of ether oxygens (including phenoxy) is 2. The maximum Gasteiger partial charge on any atom is 0.231 e. The van der Waals surface area contributed by atoms with E-state index in [1.54, 1.807) is 33.0 Å². The first-order valence-corrected chi connectivity index (χ1v) is 13.2. The maximum absolute atomic E-state index is 12.8. The highest BCUT2D eigenvalue weighted by molar-refractivity contribution is 7.99. The molecule has 0 unspecified atom stereocenters. The van der Waals surface area contributed by atoms with Crippen molar-refractivity contribution in [2.45, 2.75) is 18.0 Å². The molecule has 5 rings (SSSR count). The maximum atomic E-state index is 12.8. The number of aromatic nitrogens is 3. The monoisotopic (exact) mass is 475 g/mol. The Morgan fingerprint density at radius 1 is 1.03 bits per heavy atom. The SMILES string of the molecule is O=S(=O)(CCCSc1ccc2nccn2n1)N1CCN(Cc2ccc3c(c2)OCO3)CC1. The molecule has 1 fully saturated rings. The van der Waals surface area contributed by atoms with Gasteiger partial charge in [0.15, 0.2) is 17.1 Å². The standard InChI is InChI=1S/C21H25N5O4S2/c27-32(28,13-1-12-31-21-5-4-20-22-6-7-26(20)23-21)25-10-8-24(9-11-25)15-17-2-3-18-19(14-17)30-16-29-18/h2-7,14H,1,8-13,15-16H2. The van der Waals surface area contributed by atoms with Crippen molar-refractivity contribution in [3.05, 3.63) is 48.3 Å². The predicted molar refractivity (Wildman–Crippen MR) is 122 cm³/mol. The lowest BCUT2D eigenvalue weighted by molar-refractivity contribution is 0.173. The van der Waals surface area contributed by atoms with Crippen molar-refractivity contribution in [2.75, 3.05) is 44.5 Å². The fourth-order valence-electron chi connectivity index (χ4n) is 3.89. The lowest BCUT2D eigenvalue weighted by atomic mass is 10.2. The van der Waals surface area contributed by atoms with Crippen LogP contribution in [-0.2, 0) is 16.6 Å². The molecule has 1 aromatic carbocycles. The number of sulfonamides is 1. The average molecular weight is 476 g/mol. The van der Waals surface area contributed by atoms with Crippen LogP contribution in [0.3, 0.4) is 0 Å². The number of nitrogens with zero attached hydrogens (tertiary/aromatic N) is 5. The summed E-state index contributed by atoms with van der Waals surface area (Å²) in [6.45, 7) is 3.53. The molecule has 0 bridgehead atoms. The summed E-state index contributed by atoms with van der Waals surface area (Å²) in [5.41, 5.74) is 1.94. The van der Waals surface area contributed by atoms with E-state index in [0.29, 0.717) is 25.3 Å². The number of hydrogen-bond donors (Lipinski definition) is 0. The number of fused-ring (bicyclic) bond motifs is 2. The van der Waals surface area contributed by atoms with Gasteiger partial charge in [0.25, 0.3) is 0 Å². The molecule has 0 atom stereocenters. The third kappa shape index (κ3) is 4.85. The van der Waals surface area contributed by atoms with Gasteiger partial charge in [-0.1, -0.05) is 6.07 Å². The van der Waals surface area contributed by atoms with Gasteiger partial charge in [-0.3, -0.25) is 4.90 Å². The van der Waals surface area contributed by atoms with E-state index >= 15 is 0 Å².